The van der Waals surface area contributed by atoms with E-state index in [0.717, 1.165) is 63.3 Å². The molecule has 0 bridgehead atoms. The summed E-state index contributed by atoms with van der Waals surface area (Å²) in [6, 6.07) is 49.4. The molecule has 0 unspecified atom stereocenters. The van der Waals surface area contributed by atoms with E-state index >= 15 is 0 Å². The van der Waals surface area contributed by atoms with Crippen molar-refractivity contribution >= 4 is 17.3 Å². The molecule has 2 heterocycles. The van der Waals surface area contributed by atoms with E-state index in [1.807, 2.05) is 97.7 Å². The number of tetrazole rings is 1. The van der Waals surface area contributed by atoms with Crippen molar-refractivity contribution in [1.82, 2.24) is 25.2 Å². The van der Waals surface area contributed by atoms with E-state index < -0.39 is 11.5 Å². The van der Waals surface area contributed by atoms with Crippen molar-refractivity contribution in [3.8, 4) is 22.5 Å². The monoisotopic (exact) mass is 684 g/mol. The number of rotatable bonds is 11. The van der Waals surface area contributed by atoms with Gasteiger partial charge in [-0.1, -0.05) is 141 Å². The molecule has 5 aromatic carbocycles. The molecule has 0 saturated carbocycles. The fraction of sp³-hybridized carbons (Fsp3) is 0.159. The highest BCUT2D eigenvalue weighted by molar-refractivity contribution is 5.98. The van der Waals surface area contributed by atoms with Crippen LogP contribution < -0.4 is 4.90 Å². The van der Waals surface area contributed by atoms with Gasteiger partial charge >= 0.3 is 5.97 Å². The Hall–Kier alpha value is -6.41. The summed E-state index contributed by atoms with van der Waals surface area (Å²) in [6.07, 6.45) is 1.77. The van der Waals surface area contributed by atoms with Crippen LogP contribution in [0.5, 0.6) is 0 Å². The number of carbonyl (C=O) groups excluding carboxylic acids is 1. The number of ether oxygens (including phenoxy) is 1. The first-order valence-corrected chi connectivity index (χ1v) is 17.4. The second-order valence-corrected chi connectivity index (χ2v) is 12.7. The van der Waals surface area contributed by atoms with Crippen LogP contribution in [0.4, 0.5) is 11.4 Å². The Morgan fingerprint density at radius 3 is 1.83 bits per heavy atom. The number of hydrogen-bond acceptors (Lipinski definition) is 7. The van der Waals surface area contributed by atoms with Crippen molar-refractivity contribution < 1.29 is 9.53 Å². The summed E-state index contributed by atoms with van der Waals surface area (Å²) in [6.45, 7) is 3.98. The Morgan fingerprint density at radius 2 is 1.29 bits per heavy atom. The van der Waals surface area contributed by atoms with Crippen LogP contribution in [0.15, 0.2) is 146 Å². The Bertz CT molecular complexity index is 2190. The zero-order valence-electron chi connectivity index (χ0n) is 29.8. The number of esters is 1. The number of aryl methyl sites for hydroxylation is 2. The van der Waals surface area contributed by atoms with Crippen LogP contribution in [0.2, 0.25) is 0 Å². The van der Waals surface area contributed by atoms with Gasteiger partial charge in [-0.05, 0) is 64.6 Å². The minimum Gasteiger partial charge on any atom is -0.465 e. The molecule has 0 aliphatic heterocycles. The number of aromatic nitrogens is 5. The molecule has 8 nitrogen and oxygen atoms in total. The molecule has 0 atom stereocenters. The van der Waals surface area contributed by atoms with Crippen LogP contribution >= 0.6 is 0 Å². The number of methoxy groups -OCH3 is 1. The van der Waals surface area contributed by atoms with Crippen molar-refractivity contribution in [1.29, 1.82) is 0 Å². The molecule has 2 aromatic heterocycles. The summed E-state index contributed by atoms with van der Waals surface area (Å²) in [5.41, 5.74) is 8.75. The van der Waals surface area contributed by atoms with E-state index in [0.29, 0.717) is 17.1 Å². The second kappa shape index (κ2) is 14.8. The average molecular weight is 685 g/mol. The molecule has 0 radical (unpaired) electrons. The molecular formula is C44H40N6O2. The topological polar surface area (TPSA) is 86.0 Å². The number of carbonyl (C=O) groups is 1. The number of nitrogens with zero attached hydrogens (tertiary/aromatic N) is 6. The van der Waals surface area contributed by atoms with E-state index in [2.05, 4.69) is 78.6 Å². The summed E-state index contributed by atoms with van der Waals surface area (Å²) in [5.74, 6) is 0.110. The first-order valence-electron chi connectivity index (χ1n) is 17.4. The third-order valence-corrected chi connectivity index (χ3v) is 9.51. The normalized spacial score (nSPS) is 11.3. The lowest BCUT2D eigenvalue weighted by Crippen LogP contribution is -2.39. The lowest BCUT2D eigenvalue weighted by atomic mass is 9.77. The van der Waals surface area contributed by atoms with Gasteiger partial charge in [0, 0.05) is 24.0 Å². The number of pyridine rings is 1. The van der Waals surface area contributed by atoms with E-state index in [1.54, 1.807) is 4.80 Å². The average Bonchev–Trinajstić information content (AvgIpc) is 3.69. The largest absolute Gasteiger partial charge is 0.465 e. The quantitative estimate of drug-likeness (QED) is 0.0993. The lowest BCUT2D eigenvalue weighted by molar-refractivity contribution is 0.0600. The Morgan fingerprint density at radius 1 is 0.750 bits per heavy atom. The summed E-state index contributed by atoms with van der Waals surface area (Å²) in [4.78, 5) is 21.3. The van der Waals surface area contributed by atoms with E-state index in [9.17, 15) is 4.79 Å². The lowest BCUT2D eigenvalue weighted by Gasteiger charge is -2.34. The minimum absolute atomic E-state index is 0.406. The van der Waals surface area contributed by atoms with Crippen LogP contribution in [-0.4, -0.2) is 45.3 Å². The zero-order valence-corrected chi connectivity index (χ0v) is 29.8. The molecule has 7 rings (SSSR count). The van der Waals surface area contributed by atoms with Gasteiger partial charge in [-0.15, -0.1) is 15.0 Å². The van der Waals surface area contributed by atoms with Gasteiger partial charge in [-0.25, -0.2) is 4.79 Å². The van der Waals surface area contributed by atoms with E-state index in [4.69, 9.17) is 20.1 Å². The highest BCUT2D eigenvalue weighted by Crippen LogP contribution is 2.41. The molecule has 0 aliphatic carbocycles. The highest BCUT2D eigenvalue weighted by atomic mass is 16.5. The first-order chi connectivity index (χ1) is 25.4. The van der Waals surface area contributed by atoms with E-state index in [1.165, 1.54) is 7.11 Å². The summed E-state index contributed by atoms with van der Waals surface area (Å²) in [7, 11) is 3.36. The Kier molecular flexibility index (Phi) is 9.71. The third kappa shape index (κ3) is 6.24. The number of benzene rings is 5. The number of anilines is 2. The molecule has 0 N–H and O–H groups in total. The maximum atomic E-state index is 12.9. The van der Waals surface area contributed by atoms with Gasteiger partial charge in [-0.3, -0.25) is 4.98 Å². The molecule has 0 saturated heterocycles. The van der Waals surface area contributed by atoms with Crippen LogP contribution in [0.25, 0.3) is 22.5 Å². The summed E-state index contributed by atoms with van der Waals surface area (Å²) >= 11 is 0. The maximum Gasteiger partial charge on any atom is 0.341 e. The molecule has 8 heteroatoms. The SMILES string of the molecule is CCCc1cc(N(C)c2ccc(-c3ccccc3-c3nnn(C(c4ccccc4)(c4ccccc4)c4ccccc4)n3)cc2)c(C(=O)OC)c(C)n1. The van der Waals surface area contributed by atoms with Crippen molar-refractivity contribution in [3.63, 3.8) is 0 Å². The Balaban J connectivity index is 1.30. The van der Waals surface area contributed by atoms with Crippen molar-refractivity contribution in [2.75, 3.05) is 19.1 Å². The molecular weight excluding hydrogens is 645 g/mol. The molecule has 52 heavy (non-hydrogen) atoms. The summed E-state index contributed by atoms with van der Waals surface area (Å²) in [5, 5.41) is 14.6. The van der Waals surface area contributed by atoms with Gasteiger partial charge in [0.2, 0.25) is 5.82 Å². The number of hydrogen-bond donors (Lipinski definition) is 0. The van der Waals surface area contributed by atoms with Gasteiger partial charge in [0.1, 0.15) is 5.56 Å². The predicted molar refractivity (Wildman–Crippen MR) is 206 cm³/mol. The predicted octanol–water partition coefficient (Wildman–Crippen LogP) is 9.06. The molecule has 0 amide bonds. The fourth-order valence-corrected chi connectivity index (χ4v) is 7.00. The molecule has 258 valence electrons. The standard InChI is InChI=1S/C44H40N6O2/c1-5-17-36-30-40(41(31(2)45-36)43(51)52-4)49(3)37-28-26-32(27-29-37)38-24-15-16-25-39(38)42-46-48-50(47-42)44(33-18-9-6-10-19-33,34-20-11-7-12-21-34)35-22-13-8-14-23-35/h6-16,18-30H,5,17H2,1-4H3. The molecule has 0 aliphatic rings. The molecule has 0 spiro atoms. The highest BCUT2D eigenvalue weighted by Gasteiger charge is 2.41. The van der Waals surface area contributed by atoms with Gasteiger partial charge in [0.15, 0.2) is 5.54 Å². The second-order valence-electron chi connectivity index (χ2n) is 12.7. The van der Waals surface area contributed by atoms with Crippen molar-refractivity contribution in [3.05, 3.63) is 179 Å². The zero-order chi connectivity index (χ0) is 36.1. The van der Waals surface area contributed by atoms with Crippen LogP contribution in [-0.2, 0) is 16.7 Å². The van der Waals surface area contributed by atoms with Crippen LogP contribution in [0.1, 0.15) is 51.8 Å². The Labute approximate surface area is 304 Å². The molecule has 0 fully saturated rings. The van der Waals surface area contributed by atoms with Crippen LogP contribution in [0, 0.1) is 6.92 Å². The van der Waals surface area contributed by atoms with Crippen LogP contribution in [0.3, 0.4) is 0 Å². The minimum atomic E-state index is -0.873. The van der Waals surface area contributed by atoms with Gasteiger partial charge in [0.05, 0.1) is 18.5 Å². The smallest absolute Gasteiger partial charge is 0.341 e. The maximum absolute atomic E-state index is 12.9. The first kappa shape index (κ1) is 34.1. The van der Waals surface area contributed by atoms with Gasteiger partial charge < -0.3 is 9.64 Å². The van der Waals surface area contributed by atoms with Gasteiger partial charge in [-0.2, -0.15) is 0 Å². The molecule has 7 aromatic rings. The van der Waals surface area contributed by atoms with E-state index in [-0.39, 0.29) is 0 Å². The van der Waals surface area contributed by atoms with Gasteiger partial charge in [0.25, 0.3) is 0 Å². The summed E-state index contributed by atoms with van der Waals surface area (Å²) < 4.78 is 5.15. The van der Waals surface area contributed by atoms with Crippen molar-refractivity contribution in [2.45, 2.75) is 32.2 Å². The fourth-order valence-electron chi connectivity index (χ4n) is 7.00. The third-order valence-electron chi connectivity index (χ3n) is 9.51. The van der Waals surface area contributed by atoms with Crippen molar-refractivity contribution in [2.24, 2.45) is 0 Å².